The molecule has 0 heterocycles. The number of benzene rings is 1. The van der Waals surface area contributed by atoms with Gasteiger partial charge in [0.25, 0.3) is 0 Å². The fourth-order valence-electron chi connectivity index (χ4n) is 2.82. The molecule has 0 fully saturated rings. The Morgan fingerprint density at radius 1 is 1.13 bits per heavy atom. The van der Waals surface area contributed by atoms with Gasteiger partial charge in [-0.25, -0.2) is 0 Å². The molecule has 78 valence electrons. The predicted molar refractivity (Wildman–Crippen MR) is 61.8 cm³/mol. The summed E-state index contributed by atoms with van der Waals surface area (Å²) in [5, 5.41) is 9.65. The van der Waals surface area contributed by atoms with Crippen LogP contribution < -0.4 is 0 Å². The fourth-order valence-corrected chi connectivity index (χ4v) is 2.82. The SMILES string of the molecule is OC1CCc2c(ccc3c2CCC=C3)C1. The molecule has 0 saturated carbocycles. The van der Waals surface area contributed by atoms with Crippen LogP contribution in [0.1, 0.15) is 35.1 Å². The minimum atomic E-state index is -0.116. The molecular weight excluding hydrogens is 184 g/mol. The maximum Gasteiger partial charge on any atom is 0.0583 e. The van der Waals surface area contributed by atoms with Gasteiger partial charge in [0.2, 0.25) is 0 Å². The van der Waals surface area contributed by atoms with E-state index < -0.39 is 0 Å². The lowest BCUT2D eigenvalue weighted by molar-refractivity contribution is 0.158. The zero-order chi connectivity index (χ0) is 10.3. The summed E-state index contributed by atoms with van der Waals surface area (Å²) in [6.07, 6.45) is 9.59. The molecule has 1 atom stereocenters. The van der Waals surface area contributed by atoms with Crippen LogP contribution in [0.25, 0.3) is 6.08 Å². The first kappa shape index (κ1) is 9.17. The smallest absolute Gasteiger partial charge is 0.0583 e. The first-order chi connectivity index (χ1) is 7.34. The van der Waals surface area contributed by atoms with Crippen LogP contribution in [0.2, 0.25) is 0 Å². The van der Waals surface area contributed by atoms with E-state index in [4.69, 9.17) is 0 Å². The summed E-state index contributed by atoms with van der Waals surface area (Å²) < 4.78 is 0. The quantitative estimate of drug-likeness (QED) is 0.682. The molecule has 1 aromatic rings. The maximum atomic E-state index is 9.65. The maximum absolute atomic E-state index is 9.65. The average Bonchev–Trinajstić information content (AvgIpc) is 2.28. The van der Waals surface area contributed by atoms with Crippen molar-refractivity contribution in [2.45, 2.75) is 38.2 Å². The molecule has 0 radical (unpaired) electrons. The van der Waals surface area contributed by atoms with E-state index in [-0.39, 0.29) is 6.10 Å². The number of hydrogen-bond donors (Lipinski definition) is 1. The Balaban J connectivity index is 2.11. The minimum Gasteiger partial charge on any atom is -0.393 e. The summed E-state index contributed by atoms with van der Waals surface area (Å²) in [6.45, 7) is 0. The monoisotopic (exact) mass is 200 g/mol. The molecule has 2 aliphatic carbocycles. The number of rotatable bonds is 0. The van der Waals surface area contributed by atoms with Crippen LogP contribution in [-0.4, -0.2) is 11.2 Å². The standard InChI is InChI=1S/C14H16O/c15-12-7-8-14-11(9-12)6-5-10-3-1-2-4-13(10)14/h1,3,5-6,12,15H,2,4,7-9H2. The fraction of sp³-hybridized carbons (Fsp3) is 0.429. The lowest BCUT2D eigenvalue weighted by atomic mass is 9.82. The van der Waals surface area contributed by atoms with Crippen LogP contribution in [0.15, 0.2) is 18.2 Å². The van der Waals surface area contributed by atoms with E-state index in [1.807, 2.05) is 0 Å². The molecule has 1 unspecified atom stereocenters. The van der Waals surface area contributed by atoms with Gasteiger partial charge in [-0.15, -0.1) is 0 Å². The van der Waals surface area contributed by atoms with Crippen LogP contribution in [0.3, 0.4) is 0 Å². The molecule has 0 aliphatic heterocycles. The zero-order valence-corrected chi connectivity index (χ0v) is 8.87. The highest BCUT2D eigenvalue weighted by Gasteiger charge is 2.20. The summed E-state index contributed by atoms with van der Waals surface area (Å²) in [6, 6.07) is 4.41. The van der Waals surface area contributed by atoms with Crippen molar-refractivity contribution in [3.05, 3.63) is 40.5 Å². The van der Waals surface area contributed by atoms with E-state index in [2.05, 4.69) is 24.3 Å². The van der Waals surface area contributed by atoms with Gasteiger partial charge < -0.3 is 5.11 Å². The van der Waals surface area contributed by atoms with Crippen molar-refractivity contribution in [2.24, 2.45) is 0 Å². The molecule has 0 aromatic heterocycles. The number of aliphatic hydroxyl groups excluding tert-OH is 1. The van der Waals surface area contributed by atoms with Gasteiger partial charge in [-0.05, 0) is 54.4 Å². The van der Waals surface area contributed by atoms with Gasteiger partial charge in [0.15, 0.2) is 0 Å². The number of fused-ring (bicyclic) bond motifs is 3. The molecule has 2 aliphatic rings. The molecule has 15 heavy (non-hydrogen) atoms. The van der Waals surface area contributed by atoms with E-state index >= 15 is 0 Å². The first-order valence-electron chi connectivity index (χ1n) is 5.83. The summed E-state index contributed by atoms with van der Waals surface area (Å²) in [7, 11) is 0. The lowest BCUT2D eigenvalue weighted by Gasteiger charge is -2.25. The van der Waals surface area contributed by atoms with E-state index in [1.54, 1.807) is 5.56 Å². The van der Waals surface area contributed by atoms with E-state index in [0.717, 1.165) is 19.3 Å². The van der Waals surface area contributed by atoms with Crippen molar-refractivity contribution < 1.29 is 5.11 Å². The molecule has 3 rings (SSSR count). The van der Waals surface area contributed by atoms with E-state index in [1.165, 1.54) is 29.5 Å². The van der Waals surface area contributed by atoms with Crippen LogP contribution in [-0.2, 0) is 19.3 Å². The summed E-state index contributed by atoms with van der Waals surface area (Å²) in [5.41, 5.74) is 5.85. The Morgan fingerprint density at radius 2 is 2.07 bits per heavy atom. The van der Waals surface area contributed by atoms with Gasteiger partial charge in [-0.3, -0.25) is 0 Å². The van der Waals surface area contributed by atoms with Gasteiger partial charge in [0.1, 0.15) is 0 Å². The molecule has 0 amide bonds. The summed E-state index contributed by atoms with van der Waals surface area (Å²) in [4.78, 5) is 0. The Morgan fingerprint density at radius 3 is 3.00 bits per heavy atom. The molecule has 0 saturated heterocycles. The van der Waals surface area contributed by atoms with Gasteiger partial charge >= 0.3 is 0 Å². The first-order valence-corrected chi connectivity index (χ1v) is 5.83. The highest BCUT2D eigenvalue weighted by atomic mass is 16.3. The van der Waals surface area contributed by atoms with Crippen molar-refractivity contribution in [1.82, 2.24) is 0 Å². The molecule has 0 bridgehead atoms. The third-order valence-electron chi connectivity index (χ3n) is 3.61. The van der Waals surface area contributed by atoms with Crippen LogP contribution in [0.5, 0.6) is 0 Å². The largest absolute Gasteiger partial charge is 0.393 e. The zero-order valence-electron chi connectivity index (χ0n) is 8.87. The van der Waals surface area contributed by atoms with E-state index in [0.29, 0.717) is 0 Å². The Hall–Kier alpha value is -1.08. The third kappa shape index (κ3) is 1.51. The number of aliphatic hydroxyl groups is 1. The second-order valence-electron chi connectivity index (χ2n) is 4.61. The molecular formula is C14H16O. The van der Waals surface area contributed by atoms with Crippen molar-refractivity contribution in [3.8, 4) is 0 Å². The van der Waals surface area contributed by atoms with Crippen LogP contribution >= 0.6 is 0 Å². The van der Waals surface area contributed by atoms with Crippen molar-refractivity contribution in [3.63, 3.8) is 0 Å². The average molecular weight is 200 g/mol. The normalized spacial score (nSPS) is 23.4. The van der Waals surface area contributed by atoms with Crippen LogP contribution in [0, 0.1) is 0 Å². The summed E-state index contributed by atoms with van der Waals surface area (Å²) >= 11 is 0. The minimum absolute atomic E-state index is 0.116. The highest BCUT2D eigenvalue weighted by molar-refractivity contribution is 5.60. The second kappa shape index (κ2) is 3.49. The summed E-state index contributed by atoms with van der Waals surface area (Å²) in [5.74, 6) is 0. The predicted octanol–water partition coefficient (Wildman–Crippen LogP) is 2.50. The van der Waals surface area contributed by atoms with Gasteiger partial charge in [-0.1, -0.05) is 24.3 Å². The van der Waals surface area contributed by atoms with Gasteiger partial charge in [-0.2, -0.15) is 0 Å². The molecule has 1 N–H and O–H groups in total. The van der Waals surface area contributed by atoms with Gasteiger partial charge in [0, 0.05) is 0 Å². The molecule has 1 heteroatoms. The molecule has 0 spiro atoms. The van der Waals surface area contributed by atoms with Crippen molar-refractivity contribution >= 4 is 6.08 Å². The Bertz CT molecular complexity index is 418. The Kier molecular flexibility index (Phi) is 2.14. The molecule has 1 aromatic carbocycles. The second-order valence-corrected chi connectivity index (χ2v) is 4.61. The number of hydrogen-bond acceptors (Lipinski definition) is 1. The Labute approximate surface area is 90.4 Å². The van der Waals surface area contributed by atoms with Gasteiger partial charge in [0.05, 0.1) is 6.10 Å². The molecule has 1 nitrogen and oxygen atoms in total. The lowest BCUT2D eigenvalue weighted by Crippen LogP contribution is -2.20. The topological polar surface area (TPSA) is 20.2 Å². The highest BCUT2D eigenvalue weighted by Crippen LogP contribution is 2.30. The third-order valence-corrected chi connectivity index (χ3v) is 3.61. The van der Waals surface area contributed by atoms with Crippen molar-refractivity contribution in [2.75, 3.05) is 0 Å². The van der Waals surface area contributed by atoms with Crippen LogP contribution in [0.4, 0.5) is 0 Å². The van der Waals surface area contributed by atoms with Crippen molar-refractivity contribution in [1.29, 1.82) is 0 Å². The van der Waals surface area contributed by atoms with E-state index in [9.17, 15) is 5.11 Å². The number of allylic oxidation sites excluding steroid dienone is 1.